The van der Waals surface area contributed by atoms with E-state index in [1.54, 1.807) is 0 Å². The molecule has 0 fully saturated rings. The van der Waals surface area contributed by atoms with Crippen LogP contribution in [0.2, 0.25) is 0 Å². The molecule has 0 bridgehead atoms. The molecule has 0 radical (unpaired) electrons. The Balaban J connectivity index is 0.00000144. The molecule has 0 aromatic heterocycles. The van der Waals surface area contributed by atoms with Crippen molar-refractivity contribution < 1.29 is 65.7 Å². The van der Waals surface area contributed by atoms with Gasteiger partial charge in [0, 0.05) is 5.56 Å². The third-order valence-electron chi connectivity index (χ3n) is 1.49. The fraction of sp³-hybridized carbons (Fsp3) is 0.125. The largest absolute Gasteiger partial charge is 1.00 e. The Kier molecular flexibility index (Phi) is 5.94. The average Bonchev–Trinajstić information content (AvgIpc) is 2.04. The van der Waals surface area contributed by atoms with Gasteiger partial charge in [0.1, 0.15) is 5.82 Å². The summed E-state index contributed by atoms with van der Waals surface area (Å²) >= 11 is 0. The number of nitrogens with two attached hydrogens (primary N) is 1. The maximum atomic E-state index is 12.8. The van der Waals surface area contributed by atoms with Crippen molar-refractivity contribution in [3.8, 4) is 0 Å². The topological polar surface area (TPSA) is 66.2 Å². The predicted octanol–water partition coefficient (Wildman–Crippen LogP) is -3.42. The second kappa shape index (κ2) is 5.84. The van der Waals surface area contributed by atoms with Gasteiger partial charge < -0.3 is 15.6 Å². The zero-order valence-corrected chi connectivity index (χ0v) is 10.3. The number of hydrogen-bond acceptors (Lipinski definition) is 3. The van der Waals surface area contributed by atoms with Gasteiger partial charge >= 0.3 is 51.4 Å². The number of aliphatic carboxylic acids is 1. The molecule has 1 rings (SSSR count). The van der Waals surface area contributed by atoms with Crippen LogP contribution in [-0.4, -0.2) is 5.97 Å². The van der Waals surface area contributed by atoms with Gasteiger partial charge in [0.15, 0.2) is 0 Å². The molecule has 1 aromatic rings. The third kappa shape index (κ3) is 3.45. The van der Waals surface area contributed by atoms with E-state index in [9.17, 15) is 14.3 Å². The average molecular weight is 207 g/mol. The minimum Gasteiger partial charge on any atom is -0.548 e. The summed E-state index contributed by atoms with van der Waals surface area (Å²) in [6.45, 7) is 0. The van der Waals surface area contributed by atoms with Gasteiger partial charge in [-0.3, -0.25) is 0 Å². The van der Waals surface area contributed by atoms with Crippen LogP contribution >= 0.6 is 0 Å². The van der Waals surface area contributed by atoms with Crippen molar-refractivity contribution >= 4 is 5.97 Å². The Labute approximate surface area is 118 Å². The van der Waals surface area contributed by atoms with E-state index in [0.717, 1.165) is 6.07 Å². The summed E-state index contributed by atoms with van der Waals surface area (Å²) in [7, 11) is 0. The Morgan fingerprint density at radius 1 is 1.46 bits per heavy atom. The summed E-state index contributed by atoms with van der Waals surface area (Å²) in [4.78, 5) is 10.2. The van der Waals surface area contributed by atoms with Crippen molar-refractivity contribution in [2.75, 3.05) is 0 Å². The summed E-state index contributed by atoms with van der Waals surface area (Å²) < 4.78 is 12.8. The molecule has 0 aliphatic carbocycles. The van der Waals surface area contributed by atoms with Crippen LogP contribution < -0.4 is 62.2 Å². The molecule has 0 spiro atoms. The smallest absolute Gasteiger partial charge is 0.548 e. The van der Waals surface area contributed by atoms with Crippen LogP contribution in [-0.2, 0) is 4.79 Å². The number of carbonyl (C=O) groups excluding carboxylic acids is 1. The molecular weight excluding hydrogens is 200 g/mol. The second-order valence-corrected chi connectivity index (χ2v) is 2.32. The number of rotatable bonds is 2. The summed E-state index contributed by atoms with van der Waals surface area (Å²) in [6.07, 6.45) is 0. The molecule has 0 aliphatic heterocycles. The summed E-state index contributed by atoms with van der Waals surface area (Å²) in [5.41, 5.74) is 5.08. The van der Waals surface area contributed by atoms with Crippen LogP contribution in [0.25, 0.3) is 0 Å². The summed E-state index contributed by atoms with van der Waals surface area (Å²) in [6, 6.07) is 4.04. The van der Waals surface area contributed by atoms with E-state index in [1.807, 2.05) is 0 Å². The molecule has 3 nitrogen and oxygen atoms in total. The van der Waals surface area contributed by atoms with Gasteiger partial charge in [-0.2, -0.15) is 0 Å². The van der Waals surface area contributed by atoms with Crippen LogP contribution in [0.5, 0.6) is 0 Å². The minimum atomic E-state index is -1.49. The van der Waals surface area contributed by atoms with Crippen LogP contribution in [0.15, 0.2) is 24.3 Å². The number of carbonyl (C=O) groups is 1. The van der Waals surface area contributed by atoms with Gasteiger partial charge in [-0.25, -0.2) is 4.39 Å². The van der Waals surface area contributed by atoms with Gasteiger partial charge in [-0.05, 0) is 6.07 Å². The van der Waals surface area contributed by atoms with E-state index in [1.165, 1.54) is 18.2 Å². The first-order valence-corrected chi connectivity index (χ1v) is 3.34. The van der Waals surface area contributed by atoms with Crippen LogP contribution in [0.1, 0.15) is 11.6 Å². The quantitative estimate of drug-likeness (QED) is 0.514. The van der Waals surface area contributed by atoms with E-state index < -0.39 is 17.8 Å². The molecule has 2 N–H and O–H groups in total. The Hall–Kier alpha value is 0.216. The number of benzene rings is 1. The molecule has 1 unspecified atom stereocenters. The van der Waals surface area contributed by atoms with Gasteiger partial charge in [0.05, 0.1) is 12.0 Å². The van der Waals surface area contributed by atoms with Gasteiger partial charge in [-0.15, -0.1) is 0 Å². The van der Waals surface area contributed by atoms with Crippen molar-refractivity contribution in [2.24, 2.45) is 5.73 Å². The molecule has 0 saturated carbocycles. The van der Waals surface area contributed by atoms with Crippen molar-refractivity contribution in [3.05, 3.63) is 35.6 Å². The van der Waals surface area contributed by atoms with Gasteiger partial charge in [0.25, 0.3) is 0 Å². The van der Waals surface area contributed by atoms with Crippen molar-refractivity contribution in [2.45, 2.75) is 6.04 Å². The van der Waals surface area contributed by atoms with Gasteiger partial charge in [0.2, 0.25) is 0 Å². The molecule has 0 amide bonds. The van der Waals surface area contributed by atoms with Crippen LogP contribution in [0.3, 0.4) is 0 Å². The zero-order chi connectivity index (χ0) is 9.14. The number of carboxylic acids is 1. The molecular formula is C8H7FKNO2. The van der Waals surface area contributed by atoms with Crippen molar-refractivity contribution in [1.82, 2.24) is 0 Å². The van der Waals surface area contributed by atoms with Crippen molar-refractivity contribution in [1.29, 1.82) is 0 Å². The van der Waals surface area contributed by atoms with Gasteiger partial charge in [-0.1, -0.05) is 18.2 Å². The number of hydrogen-bond donors (Lipinski definition) is 1. The van der Waals surface area contributed by atoms with E-state index >= 15 is 0 Å². The minimum absolute atomic E-state index is 0. The number of carboxylic acid groups (broad SMARTS) is 1. The van der Waals surface area contributed by atoms with Crippen LogP contribution in [0.4, 0.5) is 4.39 Å². The van der Waals surface area contributed by atoms with E-state index in [4.69, 9.17) is 5.73 Å². The zero-order valence-electron chi connectivity index (χ0n) is 7.16. The maximum absolute atomic E-state index is 12.8. The Bertz CT molecular complexity index is 306. The molecule has 0 saturated heterocycles. The van der Waals surface area contributed by atoms with E-state index in [0.29, 0.717) is 0 Å². The fourth-order valence-electron chi connectivity index (χ4n) is 0.854. The Morgan fingerprint density at radius 3 is 2.46 bits per heavy atom. The molecule has 5 heteroatoms. The van der Waals surface area contributed by atoms with E-state index in [-0.39, 0.29) is 56.9 Å². The SMILES string of the molecule is NC(C(=O)[O-])c1ccccc1F.[K+]. The predicted molar refractivity (Wildman–Crippen MR) is 38.3 cm³/mol. The molecule has 1 atom stereocenters. The standard InChI is InChI=1S/C8H8FNO2.K/c9-6-4-2-1-3-5(6)7(10)8(11)12;/h1-4,7H,10H2,(H,11,12);/q;+1/p-1. The number of halogens is 1. The summed E-state index contributed by atoms with van der Waals surface area (Å²) in [5.74, 6) is -2.12. The van der Waals surface area contributed by atoms with Crippen LogP contribution in [0, 0.1) is 5.82 Å². The molecule has 1 aromatic carbocycles. The first-order chi connectivity index (χ1) is 5.63. The Morgan fingerprint density at radius 2 is 2.00 bits per heavy atom. The summed E-state index contributed by atoms with van der Waals surface area (Å²) in [5, 5.41) is 10.2. The first kappa shape index (κ1) is 13.2. The maximum Gasteiger partial charge on any atom is 1.00 e. The molecule has 13 heavy (non-hydrogen) atoms. The van der Waals surface area contributed by atoms with E-state index in [2.05, 4.69) is 0 Å². The first-order valence-electron chi connectivity index (χ1n) is 3.34. The molecule has 64 valence electrons. The third-order valence-corrected chi connectivity index (χ3v) is 1.49. The second-order valence-electron chi connectivity index (χ2n) is 2.32. The molecule has 0 heterocycles. The normalized spacial score (nSPS) is 11.5. The molecule has 0 aliphatic rings. The monoisotopic (exact) mass is 207 g/mol. The van der Waals surface area contributed by atoms with Crippen molar-refractivity contribution in [3.63, 3.8) is 0 Å². The fourth-order valence-corrected chi connectivity index (χ4v) is 0.854.